The Balaban J connectivity index is 2.48. The van der Waals surface area contributed by atoms with Crippen molar-refractivity contribution in [1.29, 1.82) is 0 Å². The summed E-state index contributed by atoms with van der Waals surface area (Å²) in [6.07, 6.45) is 3.14. The molecule has 0 aliphatic heterocycles. The van der Waals surface area contributed by atoms with Gasteiger partial charge in [-0.2, -0.15) is 5.10 Å². The smallest absolute Gasteiger partial charge is 0.146 e. The van der Waals surface area contributed by atoms with E-state index in [1.807, 2.05) is 17.7 Å². The van der Waals surface area contributed by atoms with Crippen molar-refractivity contribution in [3.8, 4) is 11.3 Å². The Morgan fingerprint density at radius 1 is 1.39 bits per heavy atom. The highest BCUT2D eigenvalue weighted by molar-refractivity contribution is 6.01. The molecule has 3 rings (SSSR count). The second kappa shape index (κ2) is 3.81. The lowest BCUT2D eigenvalue weighted by Crippen LogP contribution is -2.05. The fourth-order valence-corrected chi connectivity index (χ4v) is 2.25. The first-order chi connectivity index (χ1) is 8.74. The van der Waals surface area contributed by atoms with Crippen LogP contribution >= 0.6 is 0 Å². The summed E-state index contributed by atoms with van der Waals surface area (Å²) in [5.74, 6) is 0.444. The van der Waals surface area contributed by atoms with Crippen LogP contribution in [0.5, 0.6) is 0 Å². The minimum atomic E-state index is 0.390. The van der Waals surface area contributed by atoms with Gasteiger partial charge >= 0.3 is 0 Å². The molecule has 0 unspecified atom stereocenters. The number of hydrogen-bond donors (Lipinski definition) is 3. The first-order valence-electron chi connectivity index (χ1n) is 5.51. The van der Waals surface area contributed by atoms with Crippen LogP contribution in [-0.4, -0.2) is 24.7 Å². The number of nitrogens with two attached hydrogens (primary N) is 2. The lowest BCUT2D eigenvalue weighted by molar-refractivity contribution is 0.839. The first-order valence-corrected chi connectivity index (χ1v) is 5.51. The summed E-state index contributed by atoms with van der Waals surface area (Å²) in [5.41, 5.74) is 15.3. The van der Waals surface area contributed by atoms with Gasteiger partial charge in [-0.1, -0.05) is 0 Å². The molecule has 3 aromatic heterocycles. The van der Waals surface area contributed by atoms with E-state index in [0.717, 1.165) is 28.0 Å². The van der Waals surface area contributed by atoms with Gasteiger partial charge in [-0.3, -0.25) is 5.10 Å². The summed E-state index contributed by atoms with van der Waals surface area (Å²) in [6, 6.07) is 1.88. The second-order valence-corrected chi connectivity index (χ2v) is 4.01. The van der Waals surface area contributed by atoms with Crippen LogP contribution in [-0.2, 0) is 13.6 Å². The number of rotatable bonds is 2. The third-order valence-corrected chi connectivity index (χ3v) is 3.08. The van der Waals surface area contributed by atoms with E-state index in [4.69, 9.17) is 11.5 Å². The van der Waals surface area contributed by atoms with Crippen LogP contribution in [0.4, 0.5) is 5.82 Å². The van der Waals surface area contributed by atoms with Gasteiger partial charge in [-0.05, 0) is 6.07 Å². The number of anilines is 1. The maximum Gasteiger partial charge on any atom is 0.146 e. The Bertz CT molecular complexity index is 696. The van der Waals surface area contributed by atoms with E-state index < -0.39 is 0 Å². The van der Waals surface area contributed by atoms with E-state index in [0.29, 0.717) is 12.4 Å². The monoisotopic (exact) mass is 243 g/mol. The number of aromatic nitrogens is 5. The van der Waals surface area contributed by atoms with Crippen LogP contribution in [0, 0.1) is 0 Å². The first kappa shape index (κ1) is 10.7. The highest BCUT2D eigenvalue weighted by atomic mass is 15.1. The maximum atomic E-state index is 5.96. The third-order valence-electron chi connectivity index (χ3n) is 3.08. The van der Waals surface area contributed by atoms with Gasteiger partial charge in [0.2, 0.25) is 0 Å². The highest BCUT2D eigenvalue weighted by Crippen LogP contribution is 2.34. The molecule has 5 N–H and O–H groups in total. The third kappa shape index (κ3) is 1.31. The van der Waals surface area contributed by atoms with Crippen LogP contribution in [0.3, 0.4) is 0 Å². The summed E-state index contributed by atoms with van der Waals surface area (Å²) in [6.45, 7) is 0.390. The molecular formula is C11H13N7. The molecule has 0 fully saturated rings. The van der Waals surface area contributed by atoms with Gasteiger partial charge in [0.25, 0.3) is 0 Å². The van der Waals surface area contributed by atoms with Gasteiger partial charge in [-0.15, -0.1) is 0 Å². The van der Waals surface area contributed by atoms with Crippen molar-refractivity contribution in [3.05, 3.63) is 24.3 Å². The van der Waals surface area contributed by atoms with E-state index >= 15 is 0 Å². The Morgan fingerprint density at radius 2 is 2.22 bits per heavy atom. The van der Waals surface area contributed by atoms with Gasteiger partial charge < -0.3 is 16.0 Å². The number of nitrogens with zero attached hydrogens (tertiary/aromatic N) is 4. The standard InChI is InChI=1S/C11H13N7/c1-18-7(4-12)8(6-2-3-16-17-6)9-10(13)14-5-15-11(9)18/h2-3,5H,4,12H2,1H3,(H,16,17)(H2,13,14,15). The molecule has 0 spiro atoms. The van der Waals surface area contributed by atoms with Crippen molar-refractivity contribution in [2.45, 2.75) is 6.54 Å². The lowest BCUT2D eigenvalue weighted by Gasteiger charge is -2.02. The fourth-order valence-electron chi connectivity index (χ4n) is 2.25. The predicted octanol–water partition coefficient (Wildman–Crippen LogP) is 0.399. The summed E-state index contributed by atoms with van der Waals surface area (Å²) >= 11 is 0. The van der Waals surface area contributed by atoms with Gasteiger partial charge in [0.1, 0.15) is 17.8 Å². The van der Waals surface area contributed by atoms with E-state index in [1.54, 1.807) is 6.20 Å². The molecule has 0 saturated carbocycles. The molecule has 92 valence electrons. The van der Waals surface area contributed by atoms with Crippen molar-refractivity contribution >= 4 is 16.9 Å². The normalized spacial score (nSPS) is 11.2. The van der Waals surface area contributed by atoms with Crippen molar-refractivity contribution < 1.29 is 0 Å². The zero-order chi connectivity index (χ0) is 12.7. The average molecular weight is 243 g/mol. The van der Waals surface area contributed by atoms with Crippen LogP contribution in [0.25, 0.3) is 22.3 Å². The van der Waals surface area contributed by atoms with Gasteiger partial charge in [-0.25, -0.2) is 9.97 Å². The second-order valence-electron chi connectivity index (χ2n) is 4.01. The number of nitrogens with one attached hydrogen (secondary N) is 1. The molecule has 7 nitrogen and oxygen atoms in total. The largest absolute Gasteiger partial charge is 0.383 e. The molecule has 0 atom stereocenters. The van der Waals surface area contributed by atoms with Crippen molar-refractivity contribution in [2.24, 2.45) is 12.8 Å². The zero-order valence-corrected chi connectivity index (χ0v) is 9.88. The maximum absolute atomic E-state index is 5.96. The molecule has 3 heterocycles. The topological polar surface area (TPSA) is 111 Å². The summed E-state index contributed by atoms with van der Waals surface area (Å²) in [4.78, 5) is 8.31. The Morgan fingerprint density at radius 3 is 2.89 bits per heavy atom. The van der Waals surface area contributed by atoms with Crippen molar-refractivity contribution in [1.82, 2.24) is 24.7 Å². The number of hydrogen-bond acceptors (Lipinski definition) is 5. The van der Waals surface area contributed by atoms with Crippen molar-refractivity contribution in [2.75, 3.05) is 5.73 Å². The number of aromatic amines is 1. The minimum Gasteiger partial charge on any atom is -0.383 e. The van der Waals surface area contributed by atoms with E-state index in [2.05, 4.69) is 20.2 Å². The van der Waals surface area contributed by atoms with Crippen LogP contribution < -0.4 is 11.5 Å². The molecule has 7 heteroatoms. The fraction of sp³-hybridized carbons (Fsp3) is 0.182. The Kier molecular flexibility index (Phi) is 2.27. The van der Waals surface area contributed by atoms with E-state index in [1.165, 1.54) is 6.33 Å². The zero-order valence-electron chi connectivity index (χ0n) is 9.88. The van der Waals surface area contributed by atoms with Crippen LogP contribution in [0.1, 0.15) is 5.69 Å². The molecule has 3 aromatic rings. The average Bonchev–Trinajstić information content (AvgIpc) is 2.96. The highest BCUT2D eigenvalue weighted by Gasteiger charge is 2.19. The molecule has 0 aromatic carbocycles. The predicted molar refractivity (Wildman–Crippen MR) is 68.4 cm³/mol. The SMILES string of the molecule is Cn1c(CN)c(-c2ccn[nH]2)c2c(N)ncnc21. The molecule has 0 saturated heterocycles. The van der Waals surface area contributed by atoms with Gasteiger partial charge in [0.15, 0.2) is 0 Å². The van der Waals surface area contributed by atoms with Crippen LogP contribution in [0.15, 0.2) is 18.6 Å². The lowest BCUT2D eigenvalue weighted by atomic mass is 10.1. The summed E-state index contributed by atoms with van der Waals surface area (Å²) < 4.78 is 1.93. The molecule has 0 bridgehead atoms. The number of nitrogen functional groups attached to an aromatic ring is 1. The molecule has 0 aliphatic carbocycles. The summed E-state index contributed by atoms with van der Waals surface area (Å²) in [7, 11) is 1.91. The van der Waals surface area contributed by atoms with Crippen LogP contribution in [0.2, 0.25) is 0 Å². The van der Waals surface area contributed by atoms with Gasteiger partial charge in [0, 0.05) is 31.0 Å². The summed E-state index contributed by atoms with van der Waals surface area (Å²) in [5, 5.41) is 7.70. The van der Waals surface area contributed by atoms with E-state index in [-0.39, 0.29) is 0 Å². The Labute approximate surface area is 103 Å². The number of aryl methyl sites for hydroxylation is 1. The molecular weight excluding hydrogens is 230 g/mol. The number of H-pyrrole nitrogens is 1. The molecule has 0 radical (unpaired) electrons. The number of fused-ring (bicyclic) bond motifs is 1. The van der Waals surface area contributed by atoms with Crippen molar-refractivity contribution in [3.63, 3.8) is 0 Å². The minimum absolute atomic E-state index is 0.390. The quantitative estimate of drug-likeness (QED) is 0.603. The molecule has 0 amide bonds. The van der Waals surface area contributed by atoms with Gasteiger partial charge in [0.05, 0.1) is 11.1 Å². The molecule has 0 aliphatic rings. The van der Waals surface area contributed by atoms with E-state index in [9.17, 15) is 0 Å². The molecule has 18 heavy (non-hydrogen) atoms. The Hall–Kier alpha value is -2.41.